The number of aromatic nitrogens is 1. The average Bonchev–Trinajstić information content (AvgIpc) is 3.49. The fraction of sp³-hybridized carbons (Fsp3) is 0.318. The molecule has 0 spiro atoms. The molecule has 156 valence electrons. The summed E-state index contributed by atoms with van der Waals surface area (Å²) in [5, 5.41) is 8.72. The number of amides is 3. The lowest BCUT2D eigenvalue weighted by atomic mass is 9.96. The minimum Gasteiger partial charge on any atom is -0.467 e. The molecular formula is C22H24N4O3S. The van der Waals surface area contributed by atoms with Gasteiger partial charge in [-0.3, -0.25) is 4.79 Å². The van der Waals surface area contributed by atoms with E-state index in [1.165, 1.54) is 11.3 Å². The van der Waals surface area contributed by atoms with Crippen LogP contribution in [0.3, 0.4) is 0 Å². The predicted molar refractivity (Wildman–Crippen MR) is 115 cm³/mol. The Balaban J connectivity index is 1.20. The Hall–Kier alpha value is -3.13. The SMILES string of the molecule is O=C(NCc1ccco1)C1CCN(C(=O)NCc2nc(-c3ccccc3)cs2)CC1. The lowest BCUT2D eigenvalue weighted by molar-refractivity contribution is -0.126. The van der Waals surface area contributed by atoms with Gasteiger partial charge in [0.25, 0.3) is 0 Å². The van der Waals surface area contributed by atoms with E-state index in [-0.39, 0.29) is 17.9 Å². The Kier molecular flexibility index (Phi) is 6.44. The predicted octanol–water partition coefficient (Wildman–Crippen LogP) is 3.64. The summed E-state index contributed by atoms with van der Waals surface area (Å²) in [6.07, 6.45) is 2.91. The van der Waals surface area contributed by atoms with Crippen LogP contribution in [-0.2, 0) is 17.9 Å². The zero-order valence-corrected chi connectivity index (χ0v) is 17.4. The van der Waals surface area contributed by atoms with Gasteiger partial charge < -0.3 is 20.0 Å². The number of carbonyl (C=O) groups is 2. The maximum absolute atomic E-state index is 12.5. The highest BCUT2D eigenvalue weighted by Gasteiger charge is 2.27. The first kappa shape index (κ1) is 20.2. The molecule has 0 aliphatic carbocycles. The van der Waals surface area contributed by atoms with Crippen LogP contribution in [0.5, 0.6) is 0 Å². The second-order valence-electron chi connectivity index (χ2n) is 7.21. The van der Waals surface area contributed by atoms with E-state index in [1.54, 1.807) is 17.2 Å². The minimum atomic E-state index is -0.110. The summed E-state index contributed by atoms with van der Waals surface area (Å²) >= 11 is 1.54. The molecule has 1 aromatic carbocycles. The summed E-state index contributed by atoms with van der Waals surface area (Å²) in [5.41, 5.74) is 1.99. The molecule has 3 aromatic rings. The molecule has 0 atom stereocenters. The first-order chi connectivity index (χ1) is 14.7. The molecular weight excluding hydrogens is 400 g/mol. The molecule has 4 rings (SSSR count). The number of piperidine rings is 1. The van der Waals surface area contributed by atoms with Crippen LogP contribution in [-0.4, -0.2) is 34.9 Å². The molecule has 2 aromatic heterocycles. The summed E-state index contributed by atoms with van der Waals surface area (Å²) in [5.74, 6) is 0.678. The average molecular weight is 425 g/mol. The van der Waals surface area contributed by atoms with Gasteiger partial charge in [-0.05, 0) is 25.0 Å². The van der Waals surface area contributed by atoms with Crippen molar-refractivity contribution in [2.75, 3.05) is 13.1 Å². The molecule has 1 saturated heterocycles. The fourth-order valence-electron chi connectivity index (χ4n) is 3.47. The molecule has 1 aliphatic heterocycles. The van der Waals surface area contributed by atoms with Crippen LogP contribution in [0.4, 0.5) is 4.79 Å². The van der Waals surface area contributed by atoms with Gasteiger partial charge in [0.1, 0.15) is 10.8 Å². The van der Waals surface area contributed by atoms with E-state index in [4.69, 9.17) is 4.42 Å². The van der Waals surface area contributed by atoms with Crippen LogP contribution < -0.4 is 10.6 Å². The van der Waals surface area contributed by atoms with Crippen molar-refractivity contribution in [1.29, 1.82) is 0 Å². The van der Waals surface area contributed by atoms with E-state index in [9.17, 15) is 9.59 Å². The van der Waals surface area contributed by atoms with Crippen LogP contribution in [0.25, 0.3) is 11.3 Å². The number of urea groups is 1. The number of carbonyl (C=O) groups excluding carboxylic acids is 2. The van der Waals surface area contributed by atoms with E-state index in [0.29, 0.717) is 39.0 Å². The Labute approximate surface area is 179 Å². The van der Waals surface area contributed by atoms with E-state index < -0.39 is 0 Å². The first-order valence-corrected chi connectivity index (χ1v) is 10.9. The molecule has 8 heteroatoms. The van der Waals surface area contributed by atoms with Crippen molar-refractivity contribution in [1.82, 2.24) is 20.5 Å². The van der Waals surface area contributed by atoms with Gasteiger partial charge in [-0.2, -0.15) is 0 Å². The summed E-state index contributed by atoms with van der Waals surface area (Å²) in [4.78, 5) is 31.2. The summed E-state index contributed by atoms with van der Waals surface area (Å²) in [6, 6.07) is 13.5. The van der Waals surface area contributed by atoms with E-state index in [2.05, 4.69) is 15.6 Å². The number of benzene rings is 1. The Morgan fingerprint density at radius 1 is 1.07 bits per heavy atom. The molecule has 0 saturated carbocycles. The monoisotopic (exact) mass is 424 g/mol. The van der Waals surface area contributed by atoms with Crippen molar-refractivity contribution in [3.05, 3.63) is 64.9 Å². The van der Waals surface area contributed by atoms with Gasteiger partial charge in [-0.1, -0.05) is 30.3 Å². The largest absolute Gasteiger partial charge is 0.467 e. The molecule has 30 heavy (non-hydrogen) atoms. The van der Waals surface area contributed by atoms with Crippen molar-refractivity contribution in [2.24, 2.45) is 5.92 Å². The van der Waals surface area contributed by atoms with E-state index >= 15 is 0 Å². The fourth-order valence-corrected chi connectivity index (χ4v) is 4.22. The van der Waals surface area contributed by atoms with Crippen LogP contribution in [0.1, 0.15) is 23.6 Å². The Bertz CT molecular complexity index is 963. The zero-order valence-electron chi connectivity index (χ0n) is 16.5. The van der Waals surface area contributed by atoms with Gasteiger partial charge in [0.2, 0.25) is 5.91 Å². The van der Waals surface area contributed by atoms with E-state index in [0.717, 1.165) is 22.0 Å². The van der Waals surface area contributed by atoms with Crippen molar-refractivity contribution < 1.29 is 14.0 Å². The smallest absolute Gasteiger partial charge is 0.317 e. The molecule has 7 nitrogen and oxygen atoms in total. The molecule has 0 radical (unpaired) electrons. The highest BCUT2D eigenvalue weighted by Crippen LogP contribution is 2.22. The number of thiazole rings is 1. The number of rotatable bonds is 6. The lowest BCUT2D eigenvalue weighted by Gasteiger charge is -2.31. The summed E-state index contributed by atoms with van der Waals surface area (Å²) in [6.45, 7) is 1.93. The maximum atomic E-state index is 12.5. The molecule has 1 aliphatic rings. The molecule has 0 bridgehead atoms. The number of nitrogens with zero attached hydrogens (tertiary/aromatic N) is 2. The highest BCUT2D eigenvalue weighted by atomic mass is 32.1. The van der Waals surface area contributed by atoms with Gasteiger partial charge in [-0.25, -0.2) is 9.78 Å². The molecule has 1 fully saturated rings. The highest BCUT2D eigenvalue weighted by molar-refractivity contribution is 7.09. The van der Waals surface area contributed by atoms with Crippen molar-refractivity contribution in [2.45, 2.75) is 25.9 Å². The number of hydrogen-bond acceptors (Lipinski definition) is 5. The topological polar surface area (TPSA) is 87.5 Å². The van der Waals surface area contributed by atoms with Crippen LogP contribution in [0.15, 0.2) is 58.5 Å². The van der Waals surface area contributed by atoms with Crippen LogP contribution in [0, 0.1) is 5.92 Å². The van der Waals surface area contributed by atoms with Crippen LogP contribution in [0.2, 0.25) is 0 Å². The third kappa shape index (κ3) is 5.07. The number of hydrogen-bond donors (Lipinski definition) is 2. The third-order valence-corrected chi connectivity index (χ3v) is 6.03. The Morgan fingerprint density at radius 2 is 1.87 bits per heavy atom. The number of nitrogens with one attached hydrogen (secondary N) is 2. The van der Waals surface area contributed by atoms with Gasteiger partial charge in [0.15, 0.2) is 0 Å². The van der Waals surface area contributed by atoms with Gasteiger partial charge in [0, 0.05) is 30.0 Å². The lowest BCUT2D eigenvalue weighted by Crippen LogP contribution is -2.46. The normalized spacial score (nSPS) is 14.5. The second kappa shape index (κ2) is 9.58. The van der Waals surface area contributed by atoms with Crippen LogP contribution >= 0.6 is 11.3 Å². The standard InChI is InChI=1S/C22H24N4O3S/c27-21(23-13-18-7-4-12-29-18)17-8-10-26(11-9-17)22(28)24-14-20-25-19(15-30-20)16-5-2-1-3-6-16/h1-7,12,15,17H,8-11,13-14H2,(H,23,27)(H,24,28). The van der Waals surface area contributed by atoms with E-state index in [1.807, 2.05) is 41.8 Å². The second-order valence-corrected chi connectivity index (χ2v) is 8.15. The van der Waals surface area contributed by atoms with Crippen molar-refractivity contribution in [3.8, 4) is 11.3 Å². The quantitative estimate of drug-likeness (QED) is 0.632. The molecule has 3 heterocycles. The molecule has 0 unspecified atom stereocenters. The summed E-state index contributed by atoms with van der Waals surface area (Å²) < 4.78 is 5.23. The number of likely N-dealkylation sites (tertiary alicyclic amines) is 1. The number of furan rings is 1. The Morgan fingerprint density at radius 3 is 2.60 bits per heavy atom. The minimum absolute atomic E-state index is 0.0164. The van der Waals surface area contributed by atoms with Crippen molar-refractivity contribution >= 4 is 23.3 Å². The molecule has 2 N–H and O–H groups in total. The maximum Gasteiger partial charge on any atom is 0.317 e. The van der Waals surface area contributed by atoms with Gasteiger partial charge in [0.05, 0.1) is 25.0 Å². The van der Waals surface area contributed by atoms with Crippen molar-refractivity contribution in [3.63, 3.8) is 0 Å². The van der Waals surface area contributed by atoms with Gasteiger partial charge in [-0.15, -0.1) is 11.3 Å². The third-order valence-electron chi connectivity index (χ3n) is 5.18. The first-order valence-electron chi connectivity index (χ1n) is 10.0. The zero-order chi connectivity index (χ0) is 20.8. The summed E-state index contributed by atoms with van der Waals surface area (Å²) in [7, 11) is 0. The van der Waals surface area contributed by atoms with Gasteiger partial charge >= 0.3 is 6.03 Å². The molecule has 3 amide bonds.